The van der Waals surface area contributed by atoms with E-state index < -0.39 is 10.2 Å². The minimum atomic E-state index is -3.32. The lowest BCUT2D eigenvalue weighted by atomic mass is 9.98. The summed E-state index contributed by atoms with van der Waals surface area (Å²) < 4.78 is 27.3. The van der Waals surface area contributed by atoms with Crippen molar-refractivity contribution in [2.45, 2.75) is 12.8 Å². The van der Waals surface area contributed by atoms with Crippen LogP contribution in [0.5, 0.6) is 0 Å². The lowest BCUT2D eigenvalue weighted by molar-refractivity contribution is 0.270. The first-order chi connectivity index (χ1) is 14.4. The Hall–Kier alpha value is -2.55. The minimum Gasteiger partial charge on any atom is -0.354 e. The maximum Gasteiger partial charge on any atom is 0.281 e. The van der Waals surface area contributed by atoms with Crippen molar-refractivity contribution >= 4 is 26.9 Å². The molecule has 0 amide bonds. The minimum absolute atomic E-state index is 0.395. The SMILES string of the molecule is CN(C)S(=O)(=O)N1CCC(CNc2nccc(-c3ccc4ccccc4c3)n2)CC1. The van der Waals surface area contributed by atoms with Gasteiger partial charge in [0.2, 0.25) is 5.95 Å². The molecule has 30 heavy (non-hydrogen) atoms. The first-order valence-corrected chi connectivity index (χ1v) is 11.6. The highest BCUT2D eigenvalue weighted by atomic mass is 32.2. The molecule has 1 aliphatic rings. The maximum atomic E-state index is 12.2. The van der Waals surface area contributed by atoms with Crippen molar-refractivity contribution in [2.75, 3.05) is 39.0 Å². The van der Waals surface area contributed by atoms with Gasteiger partial charge in [0.25, 0.3) is 10.2 Å². The van der Waals surface area contributed by atoms with E-state index in [4.69, 9.17) is 0 Å². The van der Waals surface area contributed by atoms with Crippen LogP contribution in [-0.4, -0.2) is 60.7 Å². The van der Waals surface area contributed by atoms with Crippen LogP contribution in [0.1, 0.15) is 12.8 Å². The molecular weight excluding hydrogens is 398 g/mol. The van der Waals surface area contributed by atoms with Crippen LogP contribution < -0.4 is 5.32 Å². The molecule has 8 heteroatoms. The third-order valence-corrected chi connectivity index (χ3v) is 7.55. The molecule has 158 valence electrons. The number of fused-ring (bicyclic) bond motifs is 1. The highest BCUT2D eigenvalue weighted by molar-refractivity contribution is 7.86. The normalized spacial score (nSPS) is 16.2. The Kier molecular flexibility index (Phi) is 5.99. The van der Waals surface area contributed by atoms with E-state index in [-0.39, 0.29) is 0 Å². The molecule has 0 unspecified atom stereocenters. The average Bonchev–Trinajstić information content (AvgIpc) is 2.77. The topological polar surface area (TPSA) is 78.4 Å². The van der Waals surface area contributed by atoms with Crippen LogP contribution in [0.15, 0.2) is 54.7 Å². The van der Waals surface area contributed by atoms with Gasteiger partial charge in [-0.1, -0.05) is 36.4 Å². The summed E-state index contributed by atoms with van der Waals surface area (Å²) in [6.45, 7) is 1.83. The van der Waals surface area contributed by atoms with Crippen LogP contribution in [0.4, 0.5) is 5.95 Å². The zero-order chi connectivity index (χ0) is 21.1. The number of nitrogens with one attached hydrogen (secondary N) is 1. The lowest BCUT2D eigenvalue weighted by Gasteiger charge is -2.32. The molecule has 7 nitrogen and oxygen atoms in total. The molecule has 1 N–H and O–H groups in total. The number of hydrogen-bond acceptors (Lipinski definition) is 5. The van der Waals surface area contributed by atoms with Gasteiger partial charge in [-0.2, -0.15) is 17.0 Å². The second-order valence-electron chi connectivity index (χ2n) is 7.84. The molecule has 1 aliphatic heterocycles. The molecule has 0 atom stereocenters. The number of benzene rings is 2. The van der Waals surface area contributed by atoms with Crippen molar-refractivity contribution in [3.63, 3.8) is 0 Å². The van der Waals surface area contributed by atoms with Crippen molar-refractivity contribution in [2.24, 2.45) is 5.92 Å². The molecule has 1 saturated heterocycles. The molecule has 0 spiro atoms. The molecule has 2 heterocycles. The lowest BCUT2D eigenvalue weighted by Crippen LogP contribution is -2.45. The summed E-state index contributed by atoms with van der Waals surface area (Å²) in [6.07, 6.45) is 3.42. The van der Waals surface area contributed by atoms with E-state index in [9.17, 15) is 8.42 Å². The molecule has 0 radical (unpaired) electrons. The summed E-state index contributed by atoms with van der Waals surface area (Å²) in [5.41, 5.74) is 1.94. The predicted molar refractivity (Wildman–Crippen MR) is 120 cm³/mol. The Balaban J connectivity index is 1.38. The standard InChI is InChI=1S/C22H27N5O2S/c1-26(2)30(28,29)27-13-10-17(11-14-27)16-24-22-23-12-9-21(25-22)20-8-7-18-5-3-4-6-19(18)15-20/h3-9,12,15,17H,10-11,13-14,16H2,1-2H3,(H,23,24,25). The van der Waals surface area contributed by atoms with Gasteiger partial charge >= 0.3 is 0 Å². The van der Waals surface area contributed by atoms with Crippen molar-refractivity contribution in [1.29, 1.82) is 0 Å². The van der Waals surface area contributed by atoms with Crippen LogP contribution in [0, 0.1) is 5.92 Å². The third kappa shape index (κ3) is 4.45. The first-order valence-electron chi connectivity index (χ1n) is 10.2. The van der Waals surface area contributed by atoms with Gasteiger partial charge in [0.15, 0.2) is 0 Å². The maximum absolute atomic E-state index is 12.2. The summed E-state index contributed by atoms with van der Waals surface area (Å²) in [5, 5.41) is 5.73. The fourth-order valence-electron chi connectivity index (χ4n) is 3.76. The molecule has 0 aliphatic carbocycles. The summed E-state index contributed by atoms with van der Waals surface area (Å²) in [4.78, 5) is 9.03. The van der Waals surface area contributed by atoms with Gasteiger partial charge in [0, 0.05) is 45.5 Å². The zero-order valence-corrected chi connectivity index (χ0v) is 18.1. The fraction of sp³-hybridized carbons (Fsp3) is 0.364. The smallest absolute Gasteiger partial charge is 0.281 e. The summed E-state index contributed by atoms with van der Waals surface area (Å²) in [5.74, 6) is 0.996. The summed E-state index contributed by atoms with van der Waals surface area (Å²) in [6, 6.07) is 16.5. The largest absolute Gasteiger partial charge is 0.354 e. The van der Waals surface area contributed by atoms with Gasteiger partial charge < -0.3 is 5.32 Å². The summed E-state index contributed by atoms with van der Waals surface area (Å²) in [7, 11) is -0.176. The second-order valence-corrected chi connectivity index (χ2v) is 9.98. The molecule has 0 bridgehead atoms. The van der Waals surface area contributed by atoms with E-state index in [0.717, 1.165) is 30.6 Å². The Labute approximate surface area is 177 Å². The highest BCUT2D eigenvalue weighted by Crippen LogP contribution is 2.24. The Morgan fingerprint density at radius 2 is 1.80 bits per heavy atom. The van der Waals surface area contributed by atoms with E-state index in [2.05, 4.69) is 45.6 Å². The average molecular weight is 426 g/mol. The number of rotatable bonds is 6. The molecular formula is C22H27N5O2S. The zero-order valence-electron chi connectivity index (χ0n) is 17.3. The molecule has 3 aromatic rings. The Bertz CT molecular complexity index is 1130. The van der Waals surface area contributed by atoms with Crippen LogP contribution in [0.3, 0.4) is 0 Å². The molecule has 1 aromatic heterocycles. The van der Waals surface area contributed by atoms with Crippen molar-refractivity contribution in [3.05, 3.63) is 54.7 Å². The van der Waals surface area contributed by atoms with Crippen LogP contribution in [0.2, 0.25) is 0 Å². The van der Waals surface area contributed by atoms with Crippen LogP contribution in [-0.2, 0) is 10.2 Å². The monoisotopic (exact) mass is 425 g/mol. The van der Waals surface area contributed by atoms with Gasteiger partial charge in [-0.25, -0.2) is 9.97 Å². The van der Waals surface area contributed by atoms with Gasteiger partial charge in [-0.05, 0) is 41.7 Å². The van der Waals surface area contributed by atoms with E-state index in [1.807, 2.05) is 18.2 Å². The van der Waals surface area contributed by atoms with Crippen molar-refractivity contribution < 1.29 is 8.42 Å². The molecule has 4 rings (SSSR count). The van der Waals surface area contributed by atoms with Crippen molar-refractivity contribution in [1.82, 2.24) is 18.6 Å². The first kappa shape index (κ1) is 20.7. The number of nitrogens with zero attached hydrogens (tertiary/aromatic N) is 4. The van der Waals surface area contributed by atoms with Gasteiger partial charge in [0.1, 0.15) is 0 Å². The van der Waals surface area contributed by atoms with Gasteiger partial charge in [-0.15, -0.1) is 0 Å². The molecule has 2 aromatic carbocycles. The van der Waals surface area contributed by atoms with E-state index in [1.54, 1.807) is 24.6 Å². The Morgan fingerprint density at radius 3 is 2.53 bits per heavy atom. The van der Waals surface area contributed by atoms with Crippen LogP contribution in [0.25, 0.3) is 22.0 Å². The Morgan fingerprint density at radius 1 is 1.07 bits per heavy atom. The molecule has 1 fully saturated rings. The predicted octanol–water partition coefficient (Wildman–Crippen LogP) is 3.23. The third-order valence-electron chi connectivity index (χ3n) is 5.61. The fourth-order valence-corrected chi connectivity index (χ4v) is 4.90. The number of aromatic nitrogens is 2. The number of anilines is 1. The van der Waals surface area contributed by atoms with Gasteiger partial charge in [-0.3, -0.25) is 0 Å². The van der Waals surface area contributed by atoms with E-state index >= 15 is 0 Å². The number of hydrogen-bond donors (Lipinski definition) is 1. The van der Waals surface area contributed by atoms with Crippen molar-refractivity contribution in [3.8, 4) is 11.3 Å². The van der Waals surface area contributed by atoms with Gasteiger partial charge in [0.05, 0.1) is 5.69 Å². The summed E-state index contributed by atoms with van der Waals surface area (Å²) >= 11 is 0. The second kappa shape index (κ2) is 8.67. The molecule has 0 saturated carbocycles. The highest BCUT2D eigenvalue weighted by Gasteiger charge is 2.29. The van der Waals surface area contributed by atoms with E-state index in [1.165, 1.54) is 15.1 Å². The van der Waals surface area contributed by atoms with E-state index in [0.29, 0.717) is 25.0 Å². The van der Waals surface area contributed by atoms with Crippen LogP contribution >= 0.6 is 0 Å². The quantitative estimate of drug-likeness (QED) is 0.656. The number of piperidine rings is 1.